The summed E-state index contributed by atoms with van der Waals surface area (Å²) in [5, 5.41) is 2.65. The van der Waals surface area contributed by atoms with E-state index in [4.69, 9.17) is 11.6 Å². The van der Waals surface area contributed by atoms with E-state index in [1.54, 1.807) is 17.4 Å². The first-order chi connectivity index (χ1) is 10.1. The Morgan fingerprint density at radius 2 is 2.24 bits per heavy atom. The zero-order chi connectivity index (χ0) is 14.8. The van der Waals surface area contributed by atoms with Crippen molar-refractivity contribution in [2.45, 2.75) is 0 Å². The molecule has 0 fully saturated rings. The van der Waals surface area contributed by atoms with Crippen LogP contribution in [0.3, 0.4) is 0 Å². The number of rotatable bonds is 2. The lowest BCUT2D eigenvalue weighted by atomic mass is 10.3. The average molecular weight is 335 g/mol. The molecule has 0 N–H and O–H groups in total. The second-order valence-electron chi connectivity index (χ2n) is 4.35. The van der Waals surface area contributed by atoms with Gasteiger partial charge in [0.2, 0.25) is 0 Å². The third-order valence-electron chi connectivity index (χ3n) is 2.91. The number of hydrogen-bond acceptors (Lipinski definition) is 3. The number of nitrogens with zero attached hydrogens (tertiary/aromatic N) is 2. The predicted molar refractivity (Wildman–Crippen MR) is 89.7 cm³/mol. The number of aromatic nitrogens is 1. The molecule has 0 unspecified atom stereocenters. The molecule has 0 atom stereocenters. The first-order valence-corrected chi connectivity index (χ1v) is 8.26. The van der Waals surface area contributed by atoms with Crippen LogP contribution in [0.15, 0.2) is 46.8 Å². The second kappa shape index (κ2) is 5.97. The van der Waals surface area contributed by atoms with Crippen LogP contribution in [0.4, 0.5) is 0 Å². The van der Waals surface area contributed by atoms with Gasteiger partial charge in [-0.05, 0) is 35.7 Å². The Kier molecular flexibility index (Phi) is 4.05. The van der Waals surface area contributed by atoms with Crippen LogP contribution in [0.5, 0.6) is 0 Å². The number of carbonyl (C=O) groups excluding carboxylic acids is 1. The van der Waals surface area contributed by atoms with Gasteiger partial charge in [-0.3, -0.25) is 4.79 Å². The summed E-state index contributed by atoms with van der Waals surface area (Å²) in [7, 11) is 1.89. The van der Waals surface area contributed by atoms with Crippen molar-refractivity contribution in [3.63, 3.8) is 0 Å². The number of aryl methyl sites for hydroxylation is 1. The monoisotopic (exact) mass is 334 g/mol. The van der Waals surface area contributed by atoms with Gasteiger partial charge in [0.1, 0.15) is 0 Å². The fraction of sp³-hybridized carbons (Fsp3) is 0.0667. The van der Waals surface area contributed by atoms with E-state index < -0.39 is 0 Å². The maximum atomic E-state index is 11.9. The average Bonchev–Trinajstić information content (AvgIpc) is 3.06. The van der Waals surface area contributed by atoms with E-state index in [2.05, 4.69) is 4.99 Å². The maximum absolute atomic E-state index is 11.9. The van der Waals surface area contributed by atoms with Gasteiger partial charge < -0.3 is 4.57 Å². The highest BCUT2D eigenvalue weighted by molar-refractivity contribution is 7.16. The van der Waals surface area contributed by atoms with Crippen LogP contribution >= 0.6 is 34.3 Å². The van der Waals surface area contributed by atoms with Gasteiger partial charge in [0, 0.05) is 23.0 Å². The van der Waals surface area contributed by atoms with Crippen molar-refractivity contribution in [1.29, 1.82) is 0 Å². The quantitative estimate of drug-likeness (QED) is 0.650. The van der Waals surface area contributed by atoms with Crippen LogP contribution < -0.4 is 4.80 Å². The van der Waals surface area contributed by atoms with Crippen LogP contribution in [-0.2, 0) is 11.8 Å². The maximum Gasteiger partial charge on any atom is 0.272 e. The van der Waals surface area contributed by atoms with Crippen LogP contribution in [0, 0.1) is 0 Å². The topological polar surface area (TPSA) is 34.4 Å². The van der Waals surface area contributed by atoms with E-state index >= 15 is 0 Å². The van der Waals surface area contributed by atoms with E-state index in [0.29, 0.717) is 9.82 Å². The van der Waals surface area contributed by atoms with Crippen LogP contribution in [0.1, 0.15) is 4.88 Å². The third kappa shape index (κ3) is 3.15. The summed E-state index contributed by atoms with van der Waals surface area (Å²) in [6, 6.07) is 9.54. The number of benzene rings is 1. The molecular formula is C15H11ClN2OS2. The van der Waals surface area contributed by atoms with Gasteiger partial charge >= 0.3 is 0 Å². The fourth-order valence-electron chi connectivity index (χ4n) is 1.89. The van der Waals surface area contributed by atoms with E-state index in [1.165, 1.54) is 17.4 Å². The lowest BCUT2D eigenvalue weighted by molar-refractivity contribution is -0.113. The number of carbonyl (C=O) groups is 1. The molecule has 2 heterocycles. The van der Waals surface area contributed by atoms with Gasteiger partial charge in [-0.1, -0.05) is 29.0 Å². The number of fused-ring (bicyclic) bond motifs is 1. The lowest BCUT2D eigenvalue weighted by Gasteiger charge is -1.94. The predicted octanol–water partition coefficient (Wildman–Crippen LogP) is 4.10. The third-order valence-corrected chi connectivity index (χ3v) is 5.08. The molecule has 3 rings (SSSR count). The molecule has 0 aliphatic carbocycles. The van der Waals surface area contributed by atoms with Crippen molar-refractivity contribution in [2.75, 3.05) is 0 Å². The Balaban J connectivity index is 1.95. The van der Waals surface area contributed by atoms with Crippen molar-refractivity contribution >= 4 is 56.5 Å². The SMILES string of the molecule is Cn1c(=NC(=O)C=Cc2cccs2)sc2cc(Cl)ccc21. The minimum absolute atomic E-state index is 0.267. The Morgan fingerprint density at radius 1 is 1.38 bits per heavy atom. The number of thiophene rings is 1. The Hall–Kier alpha value is -1.69. The van der Waals surface area contributed by atoms with Gasteiger partial charge in [0.05, 0.1) is 10.2 Å². The van der Waals surface area contributed by atoms with Gasteiger partial charge in [-0.15, -0.1) is 11.3 Å². The highest BCUT2D eigenvalue weighted by Gasteiger charge is 2.04. The molecule has 1 amide bonds. The van der Waals surface area contributed by atoms with Gasteiger partial charge in [-0.25, -0.2) is 0 Å². The zero-order valence-corrected chi connectivity index (χ0v) is 13.5. The normalized spacial score (nSPS) is 12.6. The summed E-state index contributed by atoms with van der Waals surface area (Å²) in [4.78, 5) is 17.8. The molecular weight excluding hydrogens is 324 g/mol. The van der Waals surface area contributed by atoms with Crippen molar-refractivity contribution in [2.24, 2.45) is 12.0 Å². The Morgan fingerprint density at radius 3 is 3.00 bits per heavy atom. The van der Waals surface area contributed by atoms with Crippen molar-refractivity contribution in [3.05, 3.63) is 56.5 Å². The van der Waals surface area contributed by atoms with E-state index in [0.717, 1.165) is 15.1 Å². The smallest absolute Gasteiger partial charge is 0.272 e. The van der Waals surface area contributed by atoms with Crippen LogP contribution in [0.25, 0.3) is 16.3 Å². The minimum atomic E-state index is -0.267. The highest BCUT2D eigenvalue weighted by Crippen LogP contribution is 2.21. The molecule has 2 aromatic heterocycles. The van der Waals surface area contributed by atoms with Gasteiger partial charge in [-0.2, -0.15) is 4.99 Å². The fourth-order valence-corrected chi connectivity index (χ4v) is 3.80. The molecule has 0 saturated carbocycles. The Labute approximate surface area is 134 Å². The molecule has 3 aromatic rings. The van der Waals surface area contributed by atoms with Crippen molar-refractivity contribution in [1.82, 2.24) is 4.57 Å². The summed E-state index contributed by atoms with van der Waals surface area (Å²) in [5.41, 5.74) is 1.01. The summed E-state index contributed by atoms with van der Waals surface area (Å²) < 4.78 is 2.91. The van der Waals surface area contributed by atoms with E-state index in [9.17, 15) is 4.79 Å². The van der Waals surface area contributed by atoms with Gasteiger partial charge in [0.25, 0.3) is 5.91 Å². The number of thiazole rings is 1. The summed E-state index contributed by atoms with van der Waals surface area (Å²) in [5.74, 6) is -0.267. The molecule has 0 spiro atoms. The molecule has 0 saturated heterocycles. The largest absolute Gasteiger partial charge is 0.319 e. The standard InChI is InChI=1S/C15H11ClN2OS2/c1-18-12-6-4-10(16)9-13(12)21-15(18)17-14(19)7-5-11-3-2-8-20-11/h2-9H,1H3. The lowest BCUT2D eigenvalue weighted by Crippen LogP contribution is -2.12. The molecule has 106 valence electrons. The molecule has 0 aliphatic rings. The molecule has 3 nitrogen and oxygen atoms in total. The van der Waals surface area contributed by atoms with Crippen LogP contribution in [-0.4, -0.2) is 10.5 Å². The number of hydrogen-bond donors (Lipinski definition) is 0. The molecule has 0 radical (unpaired) electrons. The Bertz CT molecular complexity index is 888. The van der Waals surface area contributed by atoms with Gasteiger partial charge in [0.15, 0.2) is 4.80 Å². The summed E-state index contributed by atoms with van der Waals surface area (Å²) in [6.07, 6.45) is 3.27. The van der Waals surface area contributed by atoms with Crippen molar-refractivity contribution in [3.8, 4) is 0 Å². The number of halogens is 1. The van der Waals surface area contributed by atoms with Crippen molar-refractivity contribution < 1.29 is 4.79 Å². The molecule has 6 heteroatoms. The summed E-state index contributed by atoms with van der Waals surface area (Å²) in [6.45, 7) is 0. The molecule has 0 aliphatic heterocycles. The summed E-state index contributed by atoms with van der Waals surface area (Å²) >= 11 is 9.01. The van der Waals surface area contributed by atoms with Crippen LogP contribution in [0.2, 0.25) is 5.02 Å². The molecule has 0 bridgehead atoms. The van der Waals surface area contributed by atoms with E-state index in [-0.39, 0.29) is 5.91 Å². The first kappa shape index (κ1) is 14.3. The van der Waals surface area contributed by atoms with E-state index in [1.807, 2.05) is 47.3 Å². The minimum Gasteiger partial charge on any atom is -0.319 e. The first-order valence-electron chi connectivity index (χ1n) is 6.19. The zero-order valence-electron chi connectivity index (χ0n) is 11.1. The second-order valence-corrected chi connectivity index (χ2v) is 6.78. The molecule has 1 aromatic carbocycles. The molecule has 21 heavy (non-hydrogen) atoms. The highest BCUT2D eigenvalue weighted by atomic mass is 35.5. The number of amides is 1.